The summed E-state index contributed by atoms with van der Waals surface area (Å²) in [6, 6.07) is 1.14. The highest BCUT2D eigenvalue weighted by atomic mass is 32.1. The molecule has 4 heteroatoms. The standard InChI is InChI=1S/C14H25N3S/c1-5-10(6-2)17(4)14-16-12-9-7-8-11(15-3)13(12)18-14/h10-11,15H,5-9H2,1-4H3. The Balaban J connectivity index is 2.23. The van der Waals surface area contributed by atoms with E-state index in [1.165, 1.54) is 41.4 Å². The van der Waals surface area contributed by atoms with Crippen molar-refractivity contribution in [2.75, 3.05) is 19.0 Å². The van der Waals surface area contributed by atoms with Gasteiger partial charge in [0.05, 0.1) is 5.69 Å². The molecule has 0 spiro atoms. The Bertz CT molecular complexity index is 384. The highest BCUT2D eigenvalue weighted by molar-refractivity contribution is 7.15. The van der Waals surface area contributed by atoms with Crippen LogP contribution in [0.4, 0.5) is 5.13 Å². The normalized spacial score (nSPS) is 19.1. The fourth-order valence-electron chi connectivity index (χ4n) is 2.83. The molecule has 0 radical (unpaired) electrons. The smallest absolute Gasteiger partial charge is 0.185 e. The van der Waals surface area contributed by atoms with Crippen LogP contribution in [-0.2, 0) is 6.42 Å². The van der Waals surface area contributed by atoms with Crippen LogP contribution in [0, 0.1) is 0 Å². The average Bonchev–Trinajstić information content (AvgIpc) is 2.83. The fraction of sp³-hybridized carbons (Fsp3) is 0.786. The van der Waals surface area contributed by atoms with Crippen LogP contribution in [0.1, 0.15) is 56.1 Å². The highest BCUT2D eigenvalue weighted by Crippen LogP contribution is 2.37. The van der Waals surface area contributed by atoms with Gasteiger partial charge in [-0.2, -0.15) is 0 Å². The van der Waals surface area contributed by atoms with Crippen molar-refractivity contribution in [2.24, 2.45) is 0 Å². The van der Waals surface area contributed by atoms with Crippen LogP contribution >= 0.6 is 11.3 Å². The largest absolute Gasteiger partial charge is 0.348 e. The summed E-state index contributed by atoms with van der Waals surface area (Å²) in [5.41, 5.74) is 1.33. The molecule has 1 aliphatic rings. The lowest BCUT2D eigenvalue weighted by atomic mass is 9.98. The predicted molar refractivity (Wildman–Crippen MR) is 79.6 cm³/mol. The number of nitrogens with zero attached hydrogens (tertiary/aromatic N) is 2. The van der Waals surface area contributed by atoms with E-state index in [0.717, 1.165) is 6.42 Å². The van der Waals surface area contributed by atoms with Crippen LogP contribution in [0.25, 0.3) is 0 Å². The third-order valence-corrected chi connectivity index (χ3v) is 5.38. The molecule has 18 heavy (non-hydrogen) atoms. The van der Waals surface area contributed by atoms with Crippen molar-refractivity contribution in [3.63, 3.8) is 0 Å². The topological polar surface area (TPSA) is 28.2 Å². The molecule has 0 fully saturated rings. The van der Waals surface area contributed by atoms with Gasteiger partial charge in [0.15, 0.2) is 5.13 Å². The molecule has 0 bridgehead atoms. The van der Waals surface area contributed by atoms with Crippen molar-refractivity contribution in [2.45, 2.75) is 58.0 Å². The zero-order valence-electron chi connectivity index (χ0n) is 12.0. The Kier molecular flexibility index (Phi) is 4.62. The van der Waals surface area contributed by atoms with E-state index in [-0.39, 0.29) is 0 Å². The zero-order valence-corrected chi connectivity index (χ0v) is 12.8. The molecular weight excluding hydrogens is 242 g/mol. The molecule has 0 aromatic carbocycles. The lowest BCUT2D eigenvalue weighted by Gasteiger charge is -2.25. The van der Waals surface area contributed by atoms with Gasteiger partial charge in [0, 0.05) is 24.0 Å². The third-order valence-electron chi connectivity index (χ3n) is 4.08. The molecule has 0 amide bonds. The number of hydrogen-bond acceptors (Lipinski definition) is 4. The molecule has 1 heterocycles. The van der Waals surface area contributed by atoms with Gasteiger partial charge >= 0.3 is 0 Å². The number of anilines is 1. The lowest BCUT2D eigenvalue weighted by molar-refractivity contribution is 0.501. The third kappa shape index (κ3) is 2.54. The number of nitrogens with one attached hydrogen (secondary N) is 1. The van der Waals surface area contributed by atoms with Gasteiger partial charge in [0.2, 0.25) is 0 Å². The molecule has 2 rings (SSSR count). The Morgan fingerprint density at radius 1 is 1.44 bits per heavy atom. The maximum atomic E-state index is 4.87. The van der Waals surface area contributed by atoms with Crippen LogP contribution in [0.3, 0.4) is 0 Å². The van der Waals surface area contributed by atoms with Gasteiger partial charge in [-0.1, -0.05) is 25.2 Å². The van der Waals surface area contributed by atoms with Gasteiger partial charge in [-0.15, -0.1) is 0 Å². The Hall–Kier alpha value is -0.610. The van der Waals surface area contributed by atoms with Crippen LogP contribution in [0.5, 0.6) is 0 Å². The zero-order chi connectivity index (χ0) is 13.1. The average molecular weight is 267 g/mol. The van der Waals surface area contributed by atoms with Crippen molar-refractivity contribution in [1.29, 1.82) is 0 Å². The van der Waals surface area contributed by atoms with Crippen molar-refractivity contribution in [3.05, 3.63) is 10.6 Å². The number of aromatic nitrogens is 1. The first-order chi connectivity index (χ1) is 8.71. The Morgan fingerprint density at radius 3 is 2.78 bits per heavy atom. The molecule has 3 nitrogen and oxygen atoms in total. The SMILES string of the molecule is CCC(CC)N(C)c1nc2c(s1)C(NC)CCC2. The molecule has 1 N–H and O–H groups in total. The van der Waals surface area contributed by atoms with Crippen LogP contribution in [-0.4, -0.2) is 25.1 Å². The first-order valence-corrected chi connectivity index (χ1v) is 7.92. The molecule has 1 atom stereocenters. The number of rotatable bonds is 5. The molecule has 0 saturated carbocycles. The second-order valence-electron chi connectivity index (χ2n) is 5.12. The molecule has 0 saturated heterocycles. The van der Waals surface area contributed by atoms with Gasteiger partial charge in [0.1, 0.15) is 0 Å². The van der Waals surface area contributed by atoms with Gasteiger partial charge in [0.25, 0.3) is 0 Å². The van der Waals surface area contributed by atoms with Gasteiger partial charge in [-0.25, -0.2) is 4.98 Å². The number of thiazole rings is 1. The monoisotopic (exact) mass is 267 g/mol. The minimum atomic E-state index is 0.523. The number of fused-ring (bicyclic) bond motifs is 1. The van der Waals surface area contributed by atoms with Crippen LogP contribution < -0.4 is 10.2 Å². The first kappa shape index (κ1) is 13.8. The van der Waals surface area contributed by atoms with Gasteiger partial charge in [-0.05, 0) is 39.2 Å². The van der Waals surface area contributed by atoms with Crippen molar-refractivity contribution >= 4 is 16.5 Å². The summed E-state index contributed by atoms with van der Waals surface area (Å²) in [7, 11) is 4.25. The second-order valence-corrected chi connectivity index (χ2v) is 6.13. The molecule has 1 unspecified atom stereocenters. The van der Waals surface area contributed by atoms with Crippen molar-refractivity contribution < 1.29 is 0 Å². The summed E-state index contributed by atoms with van der Waals surface area (Å²) in [5, 5.41) is 4.63. The summed E-state index contributed by atoms with van der Waals surface area (Å²) in [4.78, 5) is 8.71. The van der Waals surface area contributed by atoms with E-state index >= 15 is 0 Å². The number of hydrogen-bond donors (Lipinski definition) is 1. The van der Waals surface area contributed by atoms with Crippen molar-refractivity contribution in [1.82, 2.24) is 10.3 Å². The molecule has 0 aliphatic heterocycles. The summed E-state index contributed by atoms with van der Waals surface area (Å²) in [6.07, 6.45) is 6.04. The van der Waals surface area contributed by atoms with E-state index in [4.69, 9.17) is 4.98 Å². The minimum absolute atomic E-state index is 0.523. The Labute approximate surface area is 115 Å². The quantitative estimate of drug-likeness (QED) is 0.886. The summed E-state index contributed by atoms with van der Waals surface area (Å²) in [6.45, 7) is 4.52. The molecule has 1 aliphatic carbocycles. The minimum Gasteiger partial charge on any atom is -0.348 e. The second kappa shape index (κ2) is 6.02. The number of aryl methyl sites for hydroxylation is 1. The fourth-order valence-corrected chi connectivity index (χ4v) is 4.11. The van der Waals surface area contributed by atoms with E-state index in [1.807, 2.05) is 11.3 Å². The predicted octanol–water partition coefficient (Wildman–Crippen LogP) is 3.36. The molecule has 1 aromatic rings. The van der Waals surface area contributed by atoms with Gasteiger partial charge < -0.3 is 10.2 Å². The maximum Gasteiger partial charge on any atom is 0.185 e. The summed E-state index contributed by atoms with van der Waals surface area (Å²) < 4.78 is 0. The molecule has 102 valence electrons. The molecule has 1 aromatic heterocycles. The summed E-state index contributed by atoms with van der Waals surface area (Å²) in [5.74, 6) is 0. The molecular formula is C14H25N3S. The van der Waals surface area contributed by atoms with Crippen LogP contribution in [0.2, 0.25) is 0 Å². The van der Waals surface area contributed by atoms with Crippen LogP contribution in [0.15, 0.2) is 0 Å². The van der Waals surface area contributed by atoms with Crippen molar-refractivity contribution in [3.8, 4) is 0 Å². The van der Waals surface area contributed by atoms with E-state index in [0.29, 0.717) is 12.1 Å². The lowest BCUT2D eigenvalue weighted by Crippen LogP contribution is -2.30. The van der Waals surface area contributed by atoms with E-state index < -0.39 is 0 Å². The Morgan fingerprint density at radius 2 is 2.17 bits per heavy atom. The highest BCUT2D eigenvalue weighted by Gasteiger charge is 2.25. The van der Waals surface area contributed by atoms with E-state index in [2.05, 4.69) is 38.2 Å². The summed E-state index contributed by atoms with van der Waals surface area (Å²) >= 11 is 1.89. The van der Waals surface area contributed by atoms with E-state index in [1.54, 1.807) is 0 Å². The first-order valence-electron chi connectivity index (χ1n) is 7.10. The van der Waals surface area contributed by atoms with Gasteiger partial charge in [-0.3, -0.25) is 0 Å². The van der Waals surface area contributed by atoms with E-state index in [9.17, 15) is 0 Å². The maximum absolute atomic E-state index is 4.87.